The molecule has 0 aromatic heterocycles. The van der Waals surface area contributed by atoms with Crippen LogP contribution < -0.4 is 10.5 Å². The van der Waals surface area contributed by atoms with Gasteiger partial charge in [0, 0.05) is 11.6 Å². The Morgan fingerprint density at radius 1 is 1.29 bits per heavy atom. The Morgan fingerprint density at radius 3 is 2.54 bits per heavy atom. The highest BCUT2D eigenvalue weighted by Gasteiger charge is 2.18. The molecule has 3 N–H and O–H groups in total. The van der Waals surface area contributed by atoms with Gasteiger partial charge in [-0.15, -0.1) is 0 Å². The van der Waals surface area contributed by atoms with Gasteiger partial charge in [0.1, 0.15) is 11.6 Å². The second-order valence-corrected chi connectivity index (χ2v) is 5.95. The molecule has 0 radical (unpaired) electrons. The zero-order chi connectivity index (χ0) is 17.7. The monoisotopic (exact) mass is 331 g/mol. The van der Waals surface area contributed by atoms with Crippen LogP contribution in [0.15, 0.2) is 42.5 Å². The van der Waals surface area contributed by atoms with E-state index in [2.05, 4.69) is 0 Å². The molecule has 2 atom stereocenters. The van der Waals surface area contributed by atoms with E-state index in [0.717, 1.165) is 5.56 Å². The first-order valence-electron chi connectivity index (χ1n) is 7.82. The number of carbonyl (C=O) groups is 1. The van der Waals surface area contributed by atoms with Crippen LogP contribution in [0.5, 0.6) is 5.75 Å². The molecule has 2 aromatic carbocycles. The molecule has 24 heavy (non-hydrogen) atoms. The minimum absolute atomic E-state index is 0.259. The minimum Gasteiger partial charge on any atom is -0.496 e. The van der Waals surface area contributed by atoms with Crippen molar-refractivity contribution in [3.8, 4) is 16.9 Å². The molecule has 0 spiro atoms. The van der Waals surface area contributed by atoms with Crippen LogP contribution >= 0.6 is 0 Å². The van der Waals surface area contributed by atoms with Gasteiger partial charge in [-0.3, -0.25) is 4.79 Å². The highest BCUT2D eigenvalue weighted by Crippen LogP contribution is 2.32. The number of ether oxygens (including phenoxy) is 1. The summed E-state index contributed by atoms with van der Waals surface area (Å²) in [6.07, 6.45) is 0.548. The summed E-state index contributed by atoms with van der Waals surface area (Å²) in [5.74, 6) is -1.26. The van der Waals surface area contributed by atoms with Gasteiger partial charge < -0.3 is 15.6 Å². The zero-order valence-electron chi connectivity index (χ0n) is 13.8. The fourth-order valence-corrected chi connectivity index (χ4v) is 2.68. The van der Waals surface area contributed by atoms with Gasteiger partial charge in [0.2, 0.25) is 0 Å². The van der Waals surface area contributed by atoms with E-state index in [1.807, 2.05) is 30.3 Å². The van der Waals surface area contributed by atoms with Crippen molar-refractivity contribution in [3.05, 3.63) is 53.8 Å². The molecule has 0 aliphatic heterocycles. The number of nitrogens with two attached hydrogens (primary N) is 1. The summed E-state index contributed by atoms with van der Waals surface area (Å²) >= 11 is 0. The Kier molecular flexibility index (Phi) is 5.93. The van der Waals surface area contributed by atoms with E-state index in [0.29, 0.717) is 16.9 Å². The largest absolute Gasteiger partial charge is 0.496 e. The third-order valence-electron chi connectivity index (χ3n) is 4.01. The van der Waals surface area contributed by atoms with Crippen molar-refractivity contribution < 1.29 is 19.0 Å². The summed E-state index contributed by atoms with van der Waals surface area (Å²) in [6, 6.07) is 12.1. The van der Waals surface area contributed by atoms with Gasteiger partial charge in [-0.05, 0) is 36.1 Å². The number of carboxylic acids is 1. The quantitative estimate of drug-likeness (QED) is 0.815. The third kappa shape index (κ3) is 4.32. The average molecular weight is 331 g/mol. The summed E-state index contributed by atoms with van der Waals surface area (Å²) in [5.41, 5.74) is 7.95. The summed E-state index contributed by atoms with van der Waals surface area (Å²) in [6.45, 7) is 1.59. The van der Waals surface area contributed by atoms with Crippen LogP contribution in [0.2, 0.25) is 0 Å². The van der Waals surface area contributed by atoms with Gasteiger partial charge in [0.25, 0.3) is 0 Å². The van der Waals surface area contributed by atoms with Gasteiger partial charge in [-0.25, -0.2) is 4.39 Å². The van der Waals surface area contributed by atoms with Crippen molar-refractivity contribution in [1.82, 2.24) is 0 Å². The van der Waals surface area contributed by atoms with Gasteiger partial charge in [-0.2, -0.15) is 0 Å². The van der Waals surface area contributed by atoms with Crippen LogP contribution in [0.1, 0.15) is 18.9 Å². The van der Waals surface area contributed by atoms with Crippen molar-refractivity contribution in [2.75, 3.05) is 7.11 Å². The molecule has 2 rings (SSSR count). The molecular weight excluding hydrogens is 309 g/mol. The maximum atomic E-state index is 14.5. The van der Waals surface area contributed by atoms with Gasteiger partial charge in [0.15, 0.2) is 0 Å². The maximum Gasteiger partial charge on any atom is 0.306 e. The number of aliphatic carboxylic acids is 1. The summed E-state index contributed by atoms with van der Waals surface area (Å²) in [4.78, 5) is 10.9. The Hall–Kier alpha value is -2.40. The van der Waals surface area contributed by atoms with E-state index < -0.39 is 17.9 Å². The van der Waals surface area contributed by atoms with Crippen LogP contribution in [0.3, 0.4) is 0 Å². The highest BCUT2D eigenvalue weighted by atomic mass is 19.1. The molecule has 5 heteroatoms. The van der Waals surface area contributed by atoms with E-state index in [-0.39, 0.29) is 18.7 Å². The standard InChI is InChI=1S/C19H22FNO3/c1-12(19(22)23)8-15(21)9-14-10-18(24-2)16(11-17(14)20)13-6-4-3-5-7-13/h3-7,10-12,15H,8-9,21H2,1-2H3,(H,22,23). The van der Waals surface area contributed by atoms with Crippen LogP contribution in [0, 0.1) is 11.7 Å². The predicted molar refractivity (Wildman–Crippen MR) is 91.5 cm³/mol. The van der Waals surface area contributed by atoms with Gasteiger partial charge >= 0.3 is 5.97 Å². The summed E-state index contributed by atoms with van der Waals surface area (Å²) < 4.78 is 19.9. The Labute approximate surface area is 141 Å². The molecule has 0 amide bonds. The van der Waals surface area contributed by atoms with E-state index in [4.69, 9.17) is 15.6 Å². The molecule has 4 nitrogen and oxygen atoms in total. The first-order valence-corrected chi connectivity index (χ1v) is 7.82. The lowest BCUT2D eigenvalue weighted by molar-refractivity contribution is -0.141. The minimum atomic E-state index is -0.900. The number of rotatable bonds is 7. The molecule has 2 unspecified atom stereocenters. The number of methoxy groups -OCH3 is 1. The number of hydrogen-bond acceptors (Lipinski definition) is 3. The first kappa shape index (κ1) is 17.9. The van der Waals surface area contributed by atoms with E-state index >= 15 is 0 Å². The molecule has 128 valence electrons. The molecule has 0 bridgehead atoms. The molecule has 0 aliphatic carbocycles. The molecule has 0 saturated carbocycles. The number of carboxylic acid groups (broad SMARTS) is 1. The molecule has 0 aliphatic rings. The maximum absolute atomic E-state index is 14.5. The van der Waals surface area contributed by atoms with Crippen LogP contribution in [0.4, 0.5) is 4.39 Å². The Balaban J connectivity index is 2.25. The SMILES string of the molecule is COc1cc(CC(N)CC(C)C(=O)O)c(F)cc1-c1ccccc1. The van der Waals surface area contributed by atoms with E-state index in [1.165, 1.54) is 13.2 Å². The summed E-state index contributed by atoms with van der Waals surface area (Å²) in [5, 5.41) is 8.95. The topological polar surface area (TPSA) is 72.5 Å². The second kappa shape index (κ2) is 7.93. The number of hydrogen-bond donors (Lipinski definition) is 2. The van der Waals surface area contributed by atoms with E-state index in [9.17, 15) is 9.18 Å². The molecule has 0 heterocycles. The normalized spacial score (nSPS) is 13.3. The van der Waals surface area contributed by atoms with Gasteiger partial charge in [-0.1, -0.05) is 37.3 Å². The molecule has 0 fully saturated rings. The van der Waals surface area contributed by atoms with Crippen LogP contribution in [-0.4, -0.2) is 24.2 Å². The fourth-order valence-electron chi connectivity index (χ4n) is 2.68. The smallest absolute Gasteiger partial charge is 0.306 e. The van der Waals surface area contributed by atoms with Gasteiger partial charge in [0.05, 0.1) is 13.0 Å². The van der Waals surface area contributed by atoms with Crippen molar-refractivity contribution in [2.45, 2.75) is 25.8 Å². The lowest BCUT2D eigenvalue weighted by Gasteiger charge is -2.17. The van der Waals surface area contributed by atoms with Crippen LogP contribution in [0.25, 0.3) is 11.1 Å². The number of benzene rings is 2. The van der Waals surface area contributed by atoms with Crippen molar-refractivity contribution in [2.24, 2.45) is 11.7 Å². The fraction of sp³-hybridized carbons (Fsp3) is 0.316. The lowest BCUT2D eigenvalue weighted by atomic mass is 9.94. The predicted octanol–water partition coefficient (Wildman–Crippen LogP) is 3.48. The van der Waals surface area contributed by atoms with Crippen molar-refractivity contribution >= 4 is 5.97 Å². The van der Waals surface area contributed by atoms with E-state index in [1.54, 1.807) is 13.0 Å². The molecule has 0 saturated heterocycles. The lowest BCUT2D eigenvalue weighted by Crippen LogP contribution is -2.28. The molecular formula is C19H22FNO3. The summed E-state index contributed by atoms with van der Waals surface area (Å²) in [7, 11) is 1.54. The molecule has 2 aromatic rings. The first-order chi connectivity index (χ1) is 11.4. The highest BCUT2D eigenvalue weighted by molar-refractivity contribution is 5.71. The third-order valence-corrected chi connectivity index (χ3v) is 4.01. The van der Waals surface area contributed by atoms with Crippen LogP contribution in [-0.2, 0) is 11.2 Å². The Bertz CT molecular complexity index is 703. The Morgan fingerprint density at radius 2 is 1.96 bits per heavy atom. The van der Waals surface area contributed by atoms with Crippen molar-refractivity contribution in [1.29, 1.82) is 0 Å². The average Bonchev–Trinajstić information content (AvgIpc) is 2.56. The van der Waals surface area contributed by atoms with Crippen molar-refractivity contribution in [3.63, 3.8) is 0 Å². The second-order valence-electron chi connectivity index (χ2n) is 5.95. The zero-order valence-corrected chi connectivity index (χ0v) is 13.8. The number of halogens is 1.